The summed E-state index contributed by atoms with van der Waals surface area (Å²) in [5.41, 5.74) is 1.17. The Morgan fingerprint density at radius 3 is 2.17 bits per heavy atom. The van der Waals surface area contributed by atoms with Crippen LogP contribution in [0.3, 0.4) is 0 Å². The summed E-state index contributed by atoms with van der Waals surface area (Å²) >= 11 is 3.39. The highest BCUT2D eigenvalue weighted by atomic mass is 79.9. The lowest BCUT2D eigenvalue weighted by atomic mass is 10.1. The van der Waals surface area contributed by atoms with Crippen LogP contribution in [0.25, 0.3) is 0 Å². The average molecular weight is 232 g/mol. The van der Waals surface area contributed by atoms with Crippen LogP contribution in [0.15, 0.2) is 4.60 Å². The highest BCUT2D eigenvalue weighted by Gasteiger charge is 2.15. The van der Waals surface area contributed by atoms with Crippen molar-refractivity contribution in [3.05, 3.63) is 10.3 Å². The lowest BCUT2D eigenvalue weighted by molar-refractivity contribution is 0.484. The standard InChI is InChI=1S/C8H14BrN3/c1-5(2)7-8(9)10-11-12(7)6(3)4/h5-6H,1-4H3. The van der Waals surface area contributed by atoms with E-state index in [2.05, 4.69) is 53.9 Å². The second-order valence-corrected chi connectivity index (χ2v) is 4.21. The van der Waals surface area contributed by atoms with Crippen molar-refractivity contribution in [2.45, 2.75) is 39.7 Å². The van der Waals surface area contributed by atoms with Crippen molar-refractivity contribution in [1.29, 1.82) is 0 Å². The minimum absolute atomic E-state index is 0.376. The molecule has 0 fully saturated rings. The first-order valence-corrected chi connectivity index (χ1v) is 4.94. The number of hydrogen-bond acceptors (Lipinski definition) is 2. The quantitative estimate of drug-likeness (QED) is 0.784. The first-order valence-electron chi connectivity index (χ1n) is 4.14. The van der Waals surface area contributed by atoms with Gasteiger partial charge in [-0.15, -0.1) is 5.10 Å². The normalized spacial score (nSPS) is 11.6. The van der Waals surface area contributed by atoms with Gasteiger partial charge in [0.2, 0.25) is 0 Å². The minimum Gasteiger partial charge on any atom is -0.245 e. The Morgan fingerprint density at radius 2 is 1.83 bits per heavy atom. The molecule has 12 heavy (non-hydrogen) atoms. The predicted octanol–water partition coefficient (Wildman–Crippen LogP) is 2.74. The molecule has 4 heteroatoms. The summed E-state index contributed by atoms with van der Waals surface area (Å²) in [7, 11) is 0. The molecule has 0 aliphatic rings. The fourth-order valence-corrected chi connectivity index (χ4v) is 1.88. The molecule has 0 aliphatic heterocycles. The van der Waals surface area contributed by atoms with Gasteiger partial charge >= 0.3 is 0 Å². The molecule has 1 heterocycles. The van der Waals surface area contributed by atoms with Crippen LogP contribution in [0.1, 0.15) is 45.3 Å². The highest BCUT2D eigenvalue weighted by Crippen LogP contribution is 2.24. The molecular formula is C8H14BrN3. The maximum absolute atomic E-state index is 4.06. The van der Waals surface area contributed by atoms with Crippen molar-refractivity contribution in [2.75, 3.05) is 0 Å². The Kier molecular flexibility index (Phi) is 2.88. The van der Waals surface area contributed by atoms with Gasteiger partial charge in [0.15, 0.2) is 4.60 Å². The van der Waals surface area contributed by atoms with E-state index in [1.165, 1.54) is 5.69 Å². The van der Waals surface area contributed by atoms with E-state index in [1.54, 1.807) is 0 Å². The van der Waals surface area contributed by atoms with Gasteiger partial charge in [0.25, 0.3) is 0 Å². The van der Waals surface area contributed by atoms with Crippen molar-refractivity contribution >= 4 is 15.9 Å². The molecule has 0 unspecified atom stereocenters. The molecule has 1 aromatic heterocycles. The Bertz CT molecular complexity index is 265. The second-order valence-electron chi connectivity index (χ2n) is 3.46. The number of rotatable bonds is 2. The maximum Gasteiger partial charge on any atom is 0.151 e. The van der Waals surface area contributed by atoms with E-state index in [9.17, 15) is 0 Å². The van der Waals surface area contributed by atoms with Crippen LogP contribution in [0.2, 0.25) is 0 Å². The van der Waals surface area contributed by atoms with Gasteiger partial charge in [-0.05, 0) is 35.7 Å². The van der Waals surface area contributed by atoms with Crippen LogP contribution in [0.5, 0.6) is 0 Å². The molecule has 1 aromatic rings. The van der Waals surface area contributed by atoms with E-state index in [-0.39, 0.29) is 0 Å². The largest absolute Gasteiger partial charge is 0.245 e. The van der Waals surface area contributed by atoms with Crippen LogP contribution in [0.4, 0.5) is 0 Å². The number of nitrogens with zero attached hydrogens (tertiary/aromatic N) is 3. The maximum atomic E-state index is 4.06. The van der Waals surface area contributed by atoms with Crippen LogP contribution in [0, 0.1) is 0 Å². The van der Waals surface area contributed by atoms with Gasteiger partial charge in [0.05, 0.1) is 5.69 Å². The van der Waals surface area contributed by atoms with Gasteiger partial charge in [-0.2, -0.15) is 0 Å². The lowest BCUT2D eigenvalue weighted by Crippen LogP contribution is -2.08. The molecule has 0 aliphatic carbocycles. The second kappa shape index (κ2) is 3.56. The summed E-state index contributed by atoms with van der Waals surface area (Å²) in [4.78, 5) is 0. The van der Waals surface area contributed by atoms with E-state index in [0.29, 0.717) is 12.0 Å². The van der Waals surface area contributed by atoms with E-state index in [4.69, 9.17) is 0 Å². The monoisotopic (exact) mass is 231 g/mol. The molecule has 0 atom stereocenters. The van der Waals surface area contributed by atoms with Crippen molar-refractivity contribution in [2.24, 2.45) is 0 Å². The zero-order chi connectivity index (χ0) is 9.30. The molecule has 0 spiro atoms. The van der Waals surface area contributed by atoms with E-state index < -0.39 is 0 Å². The first kappa shape index (κ1) is 9.71. The molecule has 68 valence electrons. The Balaban J connectivity index is 3.12. The molecule has 0 bridgehead atoms. The van der Waals surface area contributed by atoms with Gasteiger partial charge in [-0.1, -0.05) is 19.1 Å². The smallest absolute Gasteiger partial charge is 0.151 e. The summed E-state index contributed by atoms with van der Waals surface area (Å²) in [5.74, 6) is 0.455. The van der Waals surface area contributed by atoms with Gasteiger partial charge in [-0.25, -0.2) is 4.68 Å². The number of hydrogen-bond donors (Lipinski definition) is 0. The molecule has 0 amide bonds. The van der Waals surface area contributed by atoms with E-state index in [1.807, 2.05) is 4.68 Å². The Labute approximate surface area is 81.3 Å². The summed E-state index contributed by atoms with van der Waals surface area (Å²) in [5, 5.41) is 8.04. The van der Waals surface area contributed by atoms with Crippen LogP contribution in [-0.4, -0.2) is 15.0 Å². The third-order valence-corrected chi connectivity index (χ3v) is 2.29. The molecule has 0 saturated heterocycles. The van der Waals surface area contributed by atoms with E-state index >= 15 is 0 Å². The van der Waals surface area contributed by atoms with Crippen molar-refractivity contribution in [3.8, 4) is 0 Å². The van der Waals surface area contributed by atoms with Gasteiger partial charge in [0, 0.05) is 6.04 Å². The van der Waals surface area contributed by atoms with Crippen molar-refractivity contribution in [1.82, 2.24) is 15.0 Å². The highest BCUT2D eigenvalue weighted by molar-refractivity contribution is 9.10. The fraction of sp³-hybridized carbons (Fsp3) is 0.750. The van der Waals surface area contributed by atoms with Crippen LogP contribution < -0.4 is 0 Å². The van der Waals surface area contributed by atoms with Crippen LogP contribution >= 0.6 is 15.9 Å². The summed E-state index contributed by atoms with van der Waals surface area (Å²) in [6.45, 7) is 8.49. The predicted molar refractivity (Wildman–Crippen MR) is 52.2 cm³/mol. The fourth-order valence-electron chi connectivity index (χ4n) is 1.17. The number of halogens is 1. The molecule has 3 nitrogen and oxygen atoms in total. The third-order valence-electron chi connectivity index (χ3n) is 1.72. The molecule has 0 aromatic carbocycles. The molecule has 0 saturated carbocycles. The van der Waals surface area contributed by atoms with Gasteiger partial charge in [0.1, 0.15) is 0 Å². The van der Waals surface area contributed by atoms with Crippen molar-refractivity contribution in [3.63, 3.8) is 0 Å². The van der Waals surface area contributed by atoms with Crippen LogP contribution in [-0.2, 0) is 0 Å². The summed E-state index contributed by atoms with van der Waals surface area (Å²) < 4.78 is 2.82. The minimum atomic E-state index is 0.376. The topological polar surface area (TPSA) is 30.7 Å². The molecule has 0 radical (unpaired) electrons. The number of aromatic nitrogens is 3. The zero-order valence-corrected chi connectivity index (χ0v) is 9.46. The van der Waals surface area contributed by atoms with E-state index in [0.717, 1.165) is 4.60 Å². The lowest BCUT2D eigenvalue weighted by Gasteiger charge is -2.11. The molecule has 1 rings (SSSR count). The third kappa shape index (κ3) is 1.68. The Hall–Kier alpha value is -0.380. The SMILES string of the molecule is CC(C)c1c(Br)nnn1C(C)C. The molecule has 0 N–H and O–H groups in total. The average Bonchev–Trinajstić information content (AvgIpc) is 2.30. The van der Waals surface area contributed by atoms with Gasteiger partial charge < -0.3 is 0 Å². The van der Waals surface area contributed by atoms with Gasteiger partial charge in [-0.3, -0.25) is 0 Å². The first-order chi connectivity index (χ1) is 5.54. The zero-order valence-electron chi connectivity index (χ0n) is 7.87. The van der Waals surface area contributed by atoms with Crippen molar-refractivity contribution < 1.29 is 0 Å². The Morgan fingerprint density at radius 1 is 1.25 bits per heavy atom. The summed E-state index contributed by atoms with van der Waals surface area (Å²) in [6.07, 6.45) is 0. The summed E-state index contributed by atoms with van der Waals surface area (Å²) in [6, 6.07) is 0.376. The molecular weight excluding hydrogens is 218 g/mol.